The summed E-state index contributed by atoms with van der Waals surface area (Å²) < 4.78 is 0. The summed E-state index contributed by atoms with van der Waals surface area (Å²) in [5.74, 6) is -0.0370. The average molecular weight is 227 g/mol. The zero-order valence-corrected chi connectivity index (χ0v) is 9.31. The molecule has 0 aliphatic heterocycles. The first-order valence-corrected chi connectivity index (χ1v) is 5.32. The molecule has 0 aliphatic rings. The summed E-state index contributed by atoms with van der Waals surface area (Å²) in [5, 5.41) is 14.5. The number of rotatable bonds is 3. The van der Waals surface area contributed by atoms with E-state index in [1.54, 1.807) is 6.07 Å². The third-order valence-electron chi connectivity index (χ3n) is 2.62. The third-order valence-corrected chi connectivity index (χ3v) is 2.62. The van der Waals surface area contributed by atoms with E-state index in [0.29, 0.717) is 12.1 Å². The van der Waals surface area contributed by atoms with Gasteiger partial charge in [0.05, 0.1) is 0 Å². The first kappa shape index (κ1) is 11.2. The Balaban J connectivity index is 2.32. The number of hydrogen-bond acceptors (Lipinski definition) is 2. The molecule has 2 N–H and O–H groups in total. The highest BCUT2D eigenvalue weighted by atomic mass is 16.3. The van der Waals surface area contributed by atoms with Crippen molar-refractivity contribution in [1.82, 2.24) is 5.32 Å². The summed E-state index contributed by atoms with van der Waals surface area (Å²) in [5.41, 5.74) is 0.693. The van der Waals surface area contributed by atoms with Crippen LogP contribution in [-0.4, -0.2) is 11.0 Å². The fraction of sp³-hybridized carbons (Fsp3) is 0.0714. The molecular weight excluding hydrogens is 214 g/mol. The second-order valence-corrected chi connectivity index (χ2v) is 3.72. The zero-order valence-electron chi connectivity index (χ0n) is 9.31. The Morgan fingerprint density at radius 3 is 2.82 bits per heavy atom. The molecule has 0 saturated heterocycles. The molecule has 1 amide bonds. The Bertz CT molecular complexity index is 575. The van der Waals surface area contributed by atoms with Crippen LogP contribution in [0.2, 0.25) is 0 Å². The van der Waals surface area contributed by atoms with Gasteiger partial charge >= 0.3 is 0 Å². The molecule has 0 atom stereocenters. The van der Waals surface area contributed by atoms with Gasteiger partial charge in [-0.1, -0.05) is 43.0 Å². The Morgan fingerprint density at radius 2 is 2.06 bits per heavy atom. The van der Waals surface area contributed by atoms with E-state index in [1.807, 2.05) is 30.3 Å². The van der Waals surface area contributed by atoms with Crippen molar-refractivity contribution in [2.75, 3.05) is 0 Å². The Kier molecular flexibility index (Phi) is 3.10. The maximum atomic E-state index is 11.0. The molecule has 0 spiro atoms. The van der Waals surface area contributed by atoms with E-state index in [0.717, 1.165) is 10.8 Å². The number of aromatic hydroxyl groups is 1. The largest absolute Gasteiger partial charge is 0.507 e. The molecular formula is C14H13NO2. The second-order valence-electron chi connectivity index (χ2n) is 3.72. The summed E-state index contributed by atoms with van der Waals surface area (Å²) in [6.07, 6.45) is 1.21. The molecule has 3 heteroatoms. The number of carbonyl (C=O) groups excluding carboxylic acids is 1. The van der Waals surface area contributed by atoms with Gasteiger partial charge < -0.3 is 10.4 Å². The summed E-state index contributed by atoms with van der Waals surface area (Å²) >= 11 is 0. The van der Waals surface area contributed by atoms with Crippen molar-refractivity contribution >= 4 is 16.7 Å². The molecule has 86 valence electrons. The van der Waals surface area contributed by atoms with E-state index >= 15 is 0 Å². The van der Waals surface area contributed by atoms with Crippen molar-refractivity contribution in [2.45, 2.75) is 6.54 Å². The number of phenolic OH excluding ortho intramolecular Hbond substituents is 1. The maximum Gasteiger partial charge on any atom is 0.243 e. The Labute approximate surface area is 99.4 Å². The van der Waals surface area contributed by atoms with Crippen LogP contribution in [0.15, 0.2) is 49.1 Å². The predicted molar refractivity (Wildman–Crippen MR) is 67.7 cm³/mol. The number of amides is 1. The molecule has 17 heavy (non-hydrogen) atoms. The molecule has 0 fully saturated rings. The van der Waals surface area contributed by atoms with Gasteiger partial charge in [-0.3, -0.25) is 4.79 Å². The number of fused-ring (bicyclic) bond motifs is 1. The van der Waals surface area contributed by atoms with Crippen LogP contribution in [0.1, 0.15) is 5.56 Å². The smallest absolute Gasteiger partial charge is 0.243 e. The fourth-order valence-corrected chi connectivity index (χ4v) is 1.70. The van der Waals surface area contributed by atoms with Gasteiger partial charge in [0.15, 0.2) is 0 Å². The van der Waals surface area contributed by atoms with Crippen LogP contribution < -0.4 is 5.32 Å². The lowest BCUT2D eigenvalue weighted by molar-refractivity contribution is -0.116. The molecule has 0 unspecified atom stereocenters. The lowest BCUT2D eigenvalue weighted by Crippen LogP contribution is -2.19. The molecule has 0 heterocycles. The molecule has 0 saturated carbocycles. The third kappa shape index (κ3) is 2.28. The van der Waals surface area contributed by atoms with E-state index in [-0.39, 0.29) is 11.7 Å². The first-order chi connectivity index (χ1) is 8.22. The Morgan fingerprint density at radius 1 is 1.29 bits per heavy atom. The van der Waals surface area contributed by atoms with Crippen molar-refractivity contribution in [1.29, 1.82) is 0 Å². The molecule has 0 bridgehead atoms. The molecule has 0 aliphatic carbocycles. The number of carbonyl (C=O) groups is 1. The van der Waals surface area contributed by atoms with Gasteiger partial charge in [-0.15, -0.1) is 0 Å². The van der Waals surface area contributed by atoms with Gasteiger partial charge in [0.25, 0.3) is 0 Å². The minimum atomic E-state index is -0.252. The SMILES string of the molecule is C=CC(=O)NCc1ccc2ccccc2c1O. The number of benzene rings is 2. The van der Waals surface area contributed by atoms with Crippen LogP contribution in [0.3, 0.4) is 0 Å². The zero-order chi connectivity index (χ0) is 12.3. The van der Waals surface area contributed by atoms with E-state index in [1.165, 1.54) is 6.08 Å². The van der Waals surface area contributed by atoms with Crippen molar-refractivity contribution in [3.63, 3.8) is 0 Å². The lowest BCUT2D eigenvalue weighted by atomic mass is 10.1. The number of phenols is 1. The Hall–Kier alpha value is -2.29. The maximum absolute atomic E-state index is 11.0. The van der Waals surface area contributed by atoms with E-state index in [4.69, 9.17) is 0 Å². The first-order valence-electron chi connectivity index (χ1n) is 5.32. The van der Waals surface area contributed by atoms with Gasteiger partial charge in [-0.25, -0.2) is 0 Å². The van der Waals surface area contributed by atoms with E-state index < -0.39 is 0 Å². The molecule has 2 aromatic carbocycles. The van der Waals surface area contributed by atoms with E-state index in [2.05, 4.69) is 11.9 Å². The summed E-state index contributed by atoms with van der Waals surface area (Å²) in [4.78, 5) is 11.0. The minimum Gasteiger partial charge on any atom is -0.507 e. The van der Waals surface area contributed by atoms with E-state index in [9.17, 15) is 9.90 Å². The summed E-state index contributed by atoms with van der Waals surface area (Å²) in [6, 6.07) is 11.3. The highest BCUT2D eigenvalue weighted by Crippen LogP contribution is 2.28. The average Bonchev–Trinajstić information content (AvgIpc) is 2.38. The van der Waals surface area contributed by atoms with Crippen LogP contribution >= 0.6 is 0 Å². The van der Waals surface area contributed by atoms with Crippen LogP contribution in [-0.2, 0) is 11.3 Å². The molecule has 3 nitrogen and oxygen atoms in total. The highest BCUT2D eigenvalue weighted by Gasteiger charge is 2.06. The van der Waals surface area contributed by atoms with Crippen LogP contribution in [0, 0.1) is 0 Å². The van der Waals surface area contributed by atoms with Crippen molar-refractivity contribution in [3.8, 4) is 5.75 Å². The summed E-state index contributed by atoms with van der Waals surface area (Å²) in [7, 11) is 0. The van der Waals surface area contributed by atoms with Crippen LogP contribution in [0.5, 0.6) is 5.75 Å². The standard InChI is InChI=1S/C14H13NO2/c1-2-13(16)15-9-11-8-7-10-5-3-4-6-12(10)14(11)17/h2-8,17H,1,9H2,(H,15,16). The second kappa shape index (κ2) is 4.70. The van der Waals surface area contributed by atoms with Crippen molar-refractivity contribution < 1.29 is 9.90 Å². The minimum absolute atomic E-state index is 0.215. The highest BCUT2D eigenvalue weighted by molar-refractivity contribution is 5.90. The van der Waals surface area contributed by atoms with Gasteiger partial charge in [0.1, 0.15) is 5.75 Å². The van der Waals surface area contributed by atoms with Gasteiger partial charge in [0.2, 0.25) is 5.91 Å². The molecule has 2 rings (SSSR count). The predicted octanol–water partition coefficient (Wildman–Crippen LogP) is 2.35. The topological polar surface area (TPSA) is 49.3 Å². The monoisotopic (exact) mass is 227 g/mol. The normalized spacial score (nSPS) is 10.1. The van der Waals surface area contributed by atoms with Crippen molar-refractivity contribution in [2.24, 2.45) is 0 Å². The fourth-order valence-electron chi connectivity index (χ4n) is 1.70. The number of nitrogens with one attached hydrogen (secondary N) is 1. The number of hydrogen-bond donors (Lipinski definition) is 2. The lowest BCUT2D eigenvalue weighted by Gasteiger charge is -2.08. The van der Waals surface area contributed by atoms with Gasteiger partial charge in [0, 0.05) is 17.5 Å². The van der Waals surface area contributed by atoms with Gasteiger partial charge in [-0.2, -0.15) is 0 Å². The molecule has 2 aromatic rings. The quantitative estimate of drug-likeness (QED) is 0.791. The van der Waals surface area contributed by atoms with Crippen molar-refractivity contribution in [3.05, 3.63) is 54.6 Å². The van der Waals surface area contributed by atoms with Crippen LogP contribution in [0.25, 0.3) is 10.8 Å². The molecule has 0 radical (unpaired) electrons. The summed E-state index contributed by atoms with van der Waals surface area (Å²) in [6.45, 7) is 3.66. The molecule has 0 aromatic heterocycles. The van der Waals surface area contributed by atoms with Gasteiger partial charge in [-0.05, 0) is 11.5 Å². The van der Waals surface area contributed by atoms with Crippen LogP contribution in [0.4, 0.5) is 0 Å².